The second-order valence-electron chi connectivity index (χ2n) is 5.00. The van der Waals surface area contributed by atoms with E-state index < -0.39 is 11.7 Å². The van der Waals surface area contributed by atoms with Gasteiger partial charge in [0.2, 0.25) is 0 Å². The van der Waals surface area contributed by atoms with Crippen LogP contribution in [0.2, 0.25) is 0 Å². The fourth-order valence-electron chi connectivity index (χ4n) is 1.39. The molecule has 1 rings (SSSR count). The molecule has 0 aliphatic carbocycles. The van der Waals surface area contributed by atoms with E-state index in [1.807, 2.05) is 25.8 Å². The van der Waals surface area contributed by atoms with Crippen LogP contribution in [0.4, 0.5) is 13.2 Å². The summed E-state index contributed by atoms with van der Waals surface area (Å²) in [6.45, 7) is 4.55. The van der Waals surface area contributed by atoms with E-state index in [0.29, 0.717) is 12.4 Å². The van der Waals surface area contributed by atoms with Crippen molar-refractivity contribution in [3.63, 3.8) is 0 Å². The lowest BCUT2D eigenvalue weighted by Crippen LogP contribution is -2.42. The Balaban J connectivity index is 2.76. The van der Waals surface area contributed by atoms with Gasteiger partial charge in [-0.1, -0.05) is 12.1 Å². The topological polar surface area (TPSA) is 3.24 Å². The van der Waals surface area contributed by atoms with Crippen molar-refractivity contribution >= 4 is 11.6 Å². The molecule has 0 saturated carbocycles. The van der Waals surface area contributed by atoms with Gasteiger partial charge in [0.15, 0.2) is 0 Å². The first-order valence-electron chi connectivity index (χ1n) is 5.60. The van der Waals surface area contributed by atoms with Crippen molar-refractivity contribution < 1.29 is 13.2 Å². The minimum atomic E-state index is -4.28. The molecule has 0 aliphatic rings. The lowest BCUT2D eigenvalue weighted by Gasteiger charge is -2.33. The van der Waals surface area contributed by atoms with Gasteiger partial charge in [0.05, 0.1) is 5.56 Å². The molecule has 0 spiro atoms. The molecule has 1 nitrogen and oxygen atoms in total. The molecular formula is C13H17ClF3N. The maximum atomic E-state index is 12.4. The lowest BCUT2D eigenvalue weighted by molar-refractivity contribution is -0.137. The number of hydrogen-bond acceptors (Lipinski definition) is 1. The number of nitrogens with zero attached hydrogens (tertiary/aromatic N) is 1. The van der Waals surface area contributed by atoms with Gasteiger partial charge in [0.25, 0.3) is 0 Å². The number of benzene rings is 1. The monoisotopic (exact) mass is 279 g/mol. The van der Waals surface area contributed by atoms with Crippen LogP contribution < -0.4 is 0 Å². The van der Waals surface area contributed by atoms with Crippen LogP contribution in [0.15, 0.2) is 24.3 Å². The minimum absolute atomic E-state index is 0.190. The van der Waals surface area contributed by atoms with Crippen LogP contribution in [0.25, 0.3) is 0 Å². The van der Waals surface area contributed by atoms with E-state index in [0.717, 1.165) is 17.7 Å². The van der Waals surface area contributed by atoms with Gasteiger partial charge in [-0.15, -0.1) is 11.6 Å². The molecule has 0 unspecified atom stereocenters. The zero-order valence-electron chi connectivity index (χ0n) is 10.7. The summed E-state index contributed by atoms with van der Waals surface area (Å²) >= 11 is 5.85. The standard InChI is InChI=1S/C13H17ClF3N/c1-12(2,9-14)18(3)8-10-4-6-11(7-5-10)13(15,16)17/h4-7H,8-9H2,1-3H3. The van der Waals surface area contributed by atoms with Gasteiger partial charge in [-0.3, -0.25) is 4.90 Å². The predicted octanol–water partition coefficient (Wildman–Crippen LogP) is 4.15. The molecule has 0 N–H and O–H groups in total. The van der Waals surface area contributed by atoms with E-state index in [2.05, 4.69) is 0 Å². The molecule has 0 amide bonds. The zero-order chi connectivity index (χ0) is 14.0. The molecular weight excluding hydrogens is 263 g/mol. The molecule has 18 heavy (non-hydrogen) atoms. The predicted molar refractivity (Wildman–Crippen MR) is 67.7 cm³/mol. The van der Waals surface area contributed by atoms with E-state index in [1.165, 1.54) is 12.1 Å². The third kappa shape index (κ3) is 3.89. The van der Waals surface area contributed by atoms with Crippen molar-refractivity contribution in [2.24, 2.45) is 0 Å². The number of hydrogen-bond donors (Lipinski definition) is 0. The highest BCUT2D eigenvalue weighted by Crippen LogP contribution is 2.29. The van der Waals surface area contributed by atoms with Crippen molar-refractivity contribution in [1.29, 1.82) is 0 Å². The highest BCUT2D eigenvalue weighted by Gasteiger charge is 2.30. The van der Waals surface area contributed by atoms with Gasteiger partial charge >= 0.3 is 6.18 Å². The fourth-order valence-corrected chi connectivity index (χ4v) is 1.59. The van der Waals surface area contributed by atoms with E-state index in [-0.39, 0.29) is 5.54 Å². The Morgan fingerprint density at radius 3 is 2.00 bits per heavy atom. The summed E-state index contributed by atoms with van der Waals surface area (Å²) in [5.41, 5.74) is 0.0266. The van der Waals surface area contributed by atoms with Gasteiger partial charge in [-0.2, -0.15) is 13.2 Å². The van der Waals surface area contributed by atoms with Crippen LogP contribution in [0, 0.1) is 0 Å². The van der Waals surface area contributed by atoms with Crippen LogP contribution in [0.5, 0.6) is 0 Å². The maximum absolute atomic E-state index is 12.4. The van der Waals surface area contributed by atoms with Crippen molar-refractivity contribution in [3.05, 3.63) is 35.4 Å². The first-order chi connectivity index (χ1) is 8.16. The molecule has 0 saturated heterocycles. The SMILES string of the molecule is CN(Cc1ccc(C(F)(F)F)cc1)C(C)(C)CCl. The summed E-state index contributed by atoms with van der Waals surface area (Å²) in [7, 11) is 1.90. The highest BCUT2D eigenvalue weighted by atomic mass is 35.5. The van der Waals surface area contributed by atoms with Crippen molar-refractivity contribution in [1.82, 2.24) is 4.90 Å². The molecule has 5 heteroatoms. The summed E-state index contributed by atoms with van der Waals surface area (Å²) < 4.78 is 37.2. The second-order valence-corrected chi connectivity index (χ2v) is 5.26. The number of rotatable bonds is 4. The largest absolute Gasteiger partial charge is 0.416 e. The Kier molecular flexibility index (Phi) is 4.67. The molecule has 0 aromatic heterocycles. The van der Waals surface area contributed by atoms with Gasteiger partial charge in [-0.25, -0.2) is 0 Å². The lowest BCUT2D eigenvalue weighted by atomic mass is 10.0. The average molecular weight is 280 g/mol. The van der Waals surface area contributed by atoms with Crippen molar-refractivity contribution in [2.45, 2.75) is 32.1 Å². The third-order valence-corrected chi connectivity index (χ3v) is 3.72. The first kappa shape index (κ1) is 15.3. The molecule has 0 radical (unpaired) electrons. The van der Waals surface area contributed by atoms with Crippen LogP contribution in [-0.4, -0.2) is 23.4 Å². The van der Waals surface area contributed by atoms with Crippen molar-refractivity contribution in [2.75, 3.05) is 12.9 Å². The number of alkyl halides is 4. The summed E-state index contributed by atoms with van der Waals surface area (Å²) in [6, 6.07) is 5.22. The molecule has 0 atom stereocenters. The molecule has 1 aromatic rings. The quantitative estimate of drug-likeness (QED) is 0.748. The van der Waals surface area contributed by atoms with E-state index in [4.69, 9.17) is 11.6 Å². The Labute approximate surface area is 111 Å². The van der Waals surface area contributed by atoms with Gasteiger partial charge in [-0.05, 0) is 38.6 Å². The van der Waals surface area contributed by atoms with Gasteiger partial charge in [0.1, 0.15) is 0 Å². The molecule has 102 valence electrons. The zero-order valence-corrected chi connectivity index (χ0v) is 11.4. The molecule has 0 fully saturated rings. The summed E-state index contributed by atoms with van der Waals surface area (Å²) in [6.07, 6.45) is -4.28. The Bertz CT molecular complexity index is 384. The number of halogens is 4. The summed E-state index contributed by atoms with van der Waals surface area (Å²) in [5, 5.41) is 0. The molecule has 0 bridgehead atoms. The third-order valence-electron chi connectivity index (χ3n) is 3.06. The average Bonchev–Trinajstić information content (AvgIpc) is 2.28. The first-order valence-corrected chi connectivity index (χ1v) is 6.13. The Morgan fingerprint density at radius 1 is 1.11 bits per heavy atom. The Morgan fingerprint density at radius 2 is 1.61 bits per heavy atom. The molecule has 1 aromatic carbocycles. The van der Waals surface area contributed by atoms with Gasteiger partial charge in [0, 0.05) is 18.0 Å². The van der Waals surface area contributed by atoms with Crippen LogP contribution >= 0.6 is 11.6 Å². The van der Waals surface area contributed by atoms with Crippen molar-refractivity contribution in [3.8, 4) is 0 Å². The Hall–Kier alpha value is -0.740. The smallest absolute Gasteiger partial charge is 0.296 e. The van der Waals surface area contributed by atoms with E-state index >= 15 is 0 Å². The molecule has 0 aliphatic heterocycles. The molecule has 0 heterocycles. The van der Waals surface area contributed by atoms with Crippen LogP contribution in [0.3, 0.4) is 0 Å². The maximum Gasteiger partial charge on any atom is 0.416 e. The minimum Gasteiger partial charge on any atom is -0.296 e. The van der Waals surface area contributed by atoms with Gasteiger partial charge < -0.3 is 0 Å². The highest BCUT2D eigenvalue weighted by molar-refractivity contribution is 6.18. The van der Waals surface area contributed by atoms with E-state index in [9.17, 15) is 13.2 Å². The van der Waals surface area contributed by atoms with Crippen LogP contribution in [-0.2, 0) is 12.7 Å². The van der Waals surface area contributed by atoms with Crippen LogP contribution in [0.1, 0.15) is 25.0 Å². The summed E-state index contributed by atoms with van der Waals surface area (Å²) in [4.78, 5) is 2.02. The fraction of sp³-hybridized carbons (Fsp3) is 0.538. The normalized spacial score (nSPS) is 13.1. The summed E-state index contributed by atoms with van der Waals surface area (Å²) in [5.74, 6) is 0.462. The van der Waals surface area contributed by atoms with E-state index in [1.54, 1.807) is 0 Å². The second kappa shape index (κ2) is 5.49.